The summed E-state index contributed by atoms with van der Waals surface area (Å²) in [6.07, 6.45) is 0.995. The van der Waals surface area contributed by atoms with Gasteiger partial charge < -0.3 is 10.6 Å². The summed E-state index contributed by atoms with van der Waals surface area (Å²) in [5.74, 6) is 0. The van der Waals surface area contributed by atoms with E-state index in [1.165, 1.54) is 0 Å². The van der Waals surface area contributed by atoms with Crippen LogP contribution in [-0.4, -0.2) is 29.8 Å². The topological polar surface area (TPSA) is 73.6 Å². The van der Waals surface area contributed by atoms with E-state index in [0.717, 1.165) is 42.6 Å². The molecule has 2 rings (SSSR count). The molecule has 0 aliphatic rings. The zero-order valence-electron chi connectivity index (χ0n) is 11.0. The third kappa shape index (κ3) is 3.18. The number of hydrogen-bond acceptors (Lipinski definition) is 5. The van der Waals surface area contributed by atoms with Gasteiger partial charge in [0, 0.05) is 11.9 Å². The zero-order valence-corrected chi connectivity index (χ0v) is 11.0. The minimum absolute atomic E-state index is 0.349. The molecule has 5 heteroatoms. The first-order valence-electron chi connectivity index (χ1n) is 6.47. The fourth-order valence-corrected chi connectivity index (χ4v) is 1.91. The van der Waals surface area contributed by atoms with Gasteiger partial charge in [0.25, 0.3) is 0 Å². The molecule has 0 radical (unpaired) electrons. The van der Waals surface area contributed by atoms with Crippen molar-refractivity contribution in [2.75, 3.05) is 25.0 Å². The van der Waals surface area contributed by atoms with Crippen molar-refractivity contribution >= 4 is 16.6 Å². The van der Waals surface area contributed by atoms with E-state index in [4.69, 9.17) is 5.26 Å². The van der Waals surface area contributed by atoms with E-state index in [9.17, 15) is 0 Å². The SMILES string of the molecule is CCNCCCNc1c(C#N)nnc2ccccc12. The Hall–Kier alpha value is -2.19. The molecular formula is C14H17N5. The molecule has 0 saturated heterocycles. The van der Waals surface area contributed by atoms with E-state index >= 15 is 0 Å². The molecule has 1 heterocycles. The summed E-state index contributed by atoms with van der Waals surface area (Å²) >= 11 is 0. The molecule has 0 unspecified atom stereocenters. The Morgan fingerprint density at radius 2 is 2.05 bits per heavy atom. The lowest BCUT2D eigenvalue weighted by Gasteiger charge is -2.10. The number of aromatic nitrogens is 2. The monoisotopic (exact) mass is 255 g/mol. The van der Waals surface area contributed by atoms with Crippen molar-refractivity contribution in [2.24, 2.45) is 0 Å². The highest BCUT2D eigenvalue weighted by atomic mass is 15.1. The van der Waals surface area contributed by atoms with Gasteiger partial charge in [-0.2, -0.15) is 5.26 Å². The third-order valence-electron chi connectivity index (χ3n) is 2.86. The highest BCUT2D eigenvalue weighted by Crippen LogP contribution is 2.23. The molecule has 1 aromatic heterocycles. The predicted molar refractivity (Wildman–Crippen MR) is 75.9 cm³/mol. The van der Waals surface area contributed by atoms with Gasteiger partial charge in [0.05, 0.1) is 11.2 Å². The molecule has 0 saturated carbocycles. The van der Waals surface area contributed by atoms with Gasteiger partial charge in [0.2, 0.25) is 0 Å². The average molecular weight is 255 g/mol. The summed E-state index contributed by atoms with van der Waals surface area (Å²) in [5, 5.41) is 24.6. The second-order valence-electron chi connectivity index (χ2n) is 4.19. The molecular weight excluding hydrogens is 238 g/mol. The summed E-state index contributed by atoms with van der Waals surface area (Å²) < 4.78 is 0. The molecule has 0 bridgehead atoms. The zero-order chi connectivity index (χ0) is 13.5. The fraction of sp³-hybridized carbons (Fsp3) is 0.357. The van der Waals surface area contributed by atoms with Crippen LogP contribution in [0.15, 0.2) is 24.3 Å². The number of fused-ring (bicyclic) bond motifs is 1. The van der Waals surface area contributed by atoms with Crippen molar-refractivity contribution in [1.29, 1.82) is 5.26 Å². The van der Waals surface area contributed by atoms with Gasteiger partial charge in [-0.25, -0.2) is 0 Å². The summed E-state index contributed by atoms with van der Waals surface area (Å²) in [7, 11) is 0. The highest BCUT2D eigenvalue weighted by molar-refractivity contribution is 5.92. The maximum atomic E-state index is 9.11. The largest absolute Gasteiger partial charge is 0.382 e. The maximum Gasteiger partial charge on any atom is 0.186 e. The predicted octanol–water partition coefficient (Wildman–Crippen LogP) is 1.91. The van der Waals surface area contributed by atoms with Crippen LogP contribution >= 0.6 is 0 Å². The number of nitrogens with zero attached hydrogens (tertiary/aromatic N) is 3. The number of nitriles is 1. The van der Waals surface area contributed by atoms with Crippen LogP contribution < -0.4 is 10.6 Å². The smallest absolute Gasteiger partial charge is 0.186 e. The fourth-order valence-electron chi connectivity index (χ4n) is 1.91. The second kappa shape index (κ2) is 6.66. The van der Waals surface area contributed by atoms with E-state index in [2.05, 4.69) is 33.8 Å². The molecule has 2 N–H and O–H groups in total. The summed E-state index contributed by atoms with van der Waals surface area (Å²) in [6, 6.07) is 9.79. The maximum absolute atomic E-state index is 9.11. The van der Waals surface area contributed by atoms with Crippen molar-refractivity contribution < 1.29 is 0 Å². The van der Waals surface area contributed by atoms with Crippen LogP contribution in [0, 0.1) is 11.3 Å². The van der Waals surface area contributed by atoms with Gasteiger partial charge in [-0.15, -0.1) is 10.2 Å². The quantitative estimate of drug-likeness (QED) is 0.771. The van der Waals surface area contributed by atoms with E-state index in [1.54, 1.807) is 0 Å². The van der Waals surface area contributed by atoms with Gasteiger partial charge >= 0.3 is 0 Å². The second-order valence-corrected chi connectivity index (χ2v) is 4.19. The Morgan fingerprint density at radius 3 is 2.84 bits per heavy atom. The lowest BCUT2D eigenvalue weighted by molar-refractivity contribution is 0.688. The van der Waals surface area contributed by atoms with Crippen molar-refractivity contribution in [2.45, 2.75) is 13.3 Å². The van der Waals surface area contributed by atoms with Gasteiger partial charge in [0.15, 0.2) is 5.69 Å². The van der Waals surface area contributed by atoms with E-state index in [0.29, 0.717) is 5.69 Å². The standard InChI is InChI=1S/C14H17N5/c1-2-16-8-5-9-17-14-11-6-3-4-7-12(11)18-19-13(14)10-15/h3-4,6-7,16H,2,5,8-9H2,1H3,(H,17,18). The summed E-state index contributed by atoms with van der Waals surface area (Å²) in [4.78, 5) is 0. The van der Waals surface area contributed by atoms with E-state index < -0.39 is 0 Å². The van der Waals surface area contributed by atoms with Crippen LogP contribution in [0.25, 0.3) is 10.9 Å². The molecule has 19 heavy (non-hydrogen) atoms. The number of anilines is 1. The highest BCUT2D eigenvalue weighted by Gasteiger charge is 2.09. The third-order valence-corrected chi connectivity index (χ3v) is 2.86. The molecule has 98 valence electrons. The van der Waals surface area contributed by atoms with E-state index in [1.807, 2.05) is 24.3 Å². The Balaban J connectivity index is 2.17. The van der Waals surface area contributed by atoms with Crippen molar-refractivity contribution in [3.63, 3.8) is 0 Å². The Morgan fingerprint density at radius 1 is 1.21 bits per heavy atom. The molecule has 0 aliphatic heterocycles. The minimum atomic E-state index is 0.349. The van der Waals surface area contributed by atoms with Crippen LogP contribution in [0.3, 0.4) is 0 Å². The Labute approximate surface area is 112 Å². The number of rotatable bonds is 6. The molecule has 0 spiro atoms. The van der Waals surface area contributed by atoms with E-state index in [-0.39, 0.29) is 0 Å². The molecule has 0 aliphatic carbocycles. The summed E-state index contributed by atoms with van der Waals surface area (Å²) in [5.41, 5.74) is 1.93. The van der Waals surface area contributed by atoms with Crippen LogP contribution in [0.5, 0.6) is 0 Å². The van der Waals surface area contributed by atoms with Gasteiger partial charge in [0.1, 0.15) is 6.07 Å². The molecule has 0 amide bonds. The van der Waals surface area contributed by atoms with Gasteiger partial charge in [-0.1, -0.05) is 25.1 Å². The van der Waals surface area contributed by atoms with Crippen LogP contribution in [0.1, 0.15) is 19.0 Å². The molecule has 0 atom stereocenters. The van der Waals surface area contributed by atoms with Crippen LogP contribution in [-0.2, 0) is 0 Å². The first-order chi connectivity index (χ1) is 9.36. The molecule has 0 fully saturated rings. The Bertz CT molecular complexity index is 588. The van der Waals surface area contributed by atoms with Gasteiger partial charge in [-0.3, -0.25) is 0 Å². The lowest BCUT2D eigenvalue weighted by atomic mass is 10.1. The average Bonchev–Trinajstić information content (AvgIpc) is 2.47. The normalized spacial score (nSPS) is 10.3. The minimum Gasteiger partial charge on any atom is -0.382 e. The van der Waals surface area contributed by atoms with Crippen molar-refractivity contribution in [3.8, 4) is 6.07 Å². The first-order valence-corrected chi connectivity index (χ1v) is 6.47. The van der Waals surface area contributed by atoms with Crippen LogP contribution in [0.4, 0.5) is 5.69 Å². The molecule has 5 nitrogen and oxygen atoms in total. The van der Waals surface area contributed by atoms with Crippen molar-refractivity contribution in [1.82, 2.24) is 15.5 Å². The van der Waals surface area contributed by atoms with Crippen molar-refractivity contribution in [3.05, 3.63) is 30.0 Å². The number of benzene rings is 1. The molecule has 2 aromatic rings. The summed E-state index contributed by atoms with van der Waals surface area (Å²) in [6.45, 7) is 4.82. The molecule has 1 aromatic carbocycles. The first kappa shape index (κ1) is 13.2. The van der Waals surface area contributed by atoms with Crippen LogP contribution in [0.2, 0.25) is 0 Å². The number of hydrogen-bond donors (Lipinski definition) is 2. The van der Waals surface area contributed by atoms with Gasteiger partial charge in [-0.05, 0) is 25.6 Å². The lowest BCUT2D eigenvalue weighted by Crippen LogP contribution is -2.17. The number of nitrogens with one attached hydrogen (secondary N) is 2. The Kier molecular flexibility index (Phi) is 4.65.